The van der Waals surface area contributed by atoms with E-state index in [4.69, 9.17) is 23.2 Å². The third kappa shape index (κ3) is 7.21. The highest BCUT2D eigenvalue weighted by atomic mass is 35.5. The molecule has 34 heavy (non-hydrogen) atoms. The number of benzene rings is 2. The monoisotopic (exact) mass is 515 g/mol. The van der Waals surface area contributed by atoms with Crippen LogP contribution in [0.2, 0.25) is 10.0 Å². The molecule has 176 valence electrons. The van der Waals surface area contributed by atoms with E-state index >= 15 is 0 Å². The van der Waals surface area contributed by atoms with Crippen LogP contribution < -0.4 is 10.6 Å². The number of allylic oxidation sites excluding steroid dienone is 1. The molecule has 2 amide bonds. The highest BCUT2D eigenvalue weighted by Crippen LogP contribution is 2.22. The lowest BCUT2D eigenvalue weighted by molar-refractivity contribution is -0.116. The number of rotatable bonds is 10. The van der Waals surface area contributed by atoms with Crippen molar-refractivity contribution in [2.75, 3.05) is 11.1 Å². The van der Waals surface area contributed by atoms with E-state index in [0.29, 0.717) is 33.3 Å². The molecule has 0 radical (unpaired) electrons. The number of hydrogen-bond acceptors (Lipinski definition) is 5. The van der Waals surface area contributed by atoms with Gasteiger partial charge in [-0.25, -0.2) is 0 Å². The average Bonchev–Trinajstić information content (AvgIpc) is 3.20. The van der Waals surface area contributed by atoms with Crippen molar-refractivity contribution in [2.45, 2.75) is 25.2 Å². The standard InChI is InChI=1S/C24H23Cl2N5O2S/c1-3-12-31-21(14-27-22(32)11-9-17-6-4-5-7-19(17)26)29-30-24(31)34-15-23(33)28-20-13-18(25)10-8-16(20)2/h3-11,13H,1,12,14-15H2,2H3,(H,27,32)(H,28,33). The summed E-state index contributed by atoms with van der Waals surface area (Å²) in [4.78, 5) is 24.7. The van der Waals surface area contributed by atoms with Gasteiger partial charge in [0.2, 0.25) is 11.8 Å². The number of carbonyl (C=O) groups is 2. The number of nitrogens with one attached hydrogen (secondary N) is 2. The fourth-order valence-electron chi connectivity index (χ4n) is 2.92. The highest BCUT2D eigenvalue weighted by Gasteiger charge is 2.14. The van der Waals surface area contributed by atoms with Crippen molar-refractivity contribution in [1.29, 1.82) is 0 Å². The van der Waals surface area contributed by atoms with E-state index in [-0.39, 0.29) is 24.1 Å². The van der Waals surface area contributed by atoms with Crippen LogP contribution in [-0.2, 0) is 22.7 Å². The van der Waals surface area contributed by atoms with E-state index in [1.807, 2.05) is 31.2 Å². The summed E-state index contributed by atoms with van der Waals surface area (Å²) in [5, 5.41) is 15.6. The van der Waals surface area contributed by atoms with Crippen LogP contribution in [-0.4, -0.2) is 32.3 Å². The molecule has 1 aromatic heterocycles. The lowest BCUT2D eigenvalue weighted by atomic mass is 10.2. The van der Waals surface area contributed by atoms with Crippen molar-refractivity contribution in [2.24, 2.45) is 0 Å². The Hall–Kier alpha value is -3.07. The fourth-order valence-corrected chi connectivity index (χ4v) is 4.05. The molecule has 0 unspecified atom stereocenters. The number of thioether (sulfide) groups is 1. The molecule has 1 heterocycles. The van der Waals surface area contributed by atoms with E-state index < -0.39 is 0 Å². The van der Waals surface area contributed by atoms with E-state index in [9.17, 15) is 9.59 Å². The van der Waals surface area contributed by atoms with Crippen LogP contribution in [0.3, 0.4) is 0 Å². The Morgan fingerprint density at radius 2 is 1.97 bits per heavy atom. The van der Waals surface area contributed by atoms with E-state index in [0.717, 1.165) is 11.1 Å². The van der Waals surface area contributed by atoms with Crippen LogP contribution in [0.4, 0.5) is 5.69 Å². The summed E-state index contributed by atoms with van der Waals surface area (Å²) in [5.41, 5.74) is 2.33. The molecule has 0 aliphatic rings. The molecule has 0 aliphatic carbocycles. The molecule has 0 saturated heterocycles. The smallest absolute Gasteiger partial charge is 0.244 e. The molecule has 2 aromatic carbocycles. The number of nitrogens with zero attached hydrogens (tertiary/aromatic N) is 3. The normalized spacial score (nSPS) is 10.9. The van der Waals surface area contributed by atoms with Crippen molar-refractivity contribution in [1.82, 2.24) is 20.1 Å². The van der Waals surface area contributed by atoms with Gasteiger partial charge in [-0.15, -0.1) is 16.8 Å². The summed E-state index contributed by atoms with van der Waals surface area (Å²) in [5.74, 6) is 0.198. The van der Waals surface area contributed by atoms with Gasteiger partial charge >= 0.3 is 0 Å². The summed E-state index contributed by atoms with van der Waals surface area (Å²) >= 11 is 13.4. The van der Waals surface area contributed by atoms with Crippen molar-refractivity contribution < 1.29 is 9.59 Å². The number of anilines is 1. The minimum Gasteiger partial charge on any atom is -0.345 e. The second-order valence-corrected chi connectivity index (χ2v) is 8.95. The minimum absolute atomic E-state index is 0.133. The molecule has 0 saturated carbocycles. The Morgan fingerprint density at radius 3 is 2.74 bits per heavy atom. The van der Waals surface area contributed by atoms with Crippen molar-refractivity contribution in [3.8, 4) is 0 Å². The molecule has 3 aromatic rings. The van der Waals surface area contributed by atoms with E-state index in [1.165, 1.54) is 17.8 Å². The lowest BCUT2D eigenvalue weighted by Crippen LogP contribution is -2.23. The molecule has 0 atom stereocenters. The van der Waals surface area contributed by atoms with Crippen molar-refractivity contribution in [3.63, 3.8) is 0 Å². The number of aryl methyl sites for hydroxylation is 1. The molecule has 0 spiro atoms. The Labute approximate surface area is 212 Å². The maximum atomic E-state index is 12.4. The van der Waals surface area contributed by atoms with Crippen LogP contribution in [0.15, 0.2) is 66.4 Å². The van der Waals surface area contributed by atoms with E-state index in [2.05, 4.69) is 27.4 Å². The largest absolute Gasteiger partial charge is 0.345 e. The van der Waals surface area contributed by atoms with Gasteiger partial charge < -0.3 is 15.2 Å². The molecule has 0 bridgehead atoms. The van der Waals surface area contributed by atoms with Crippen LogP contribution >= 0.6 is 35.0 Å². The maximum Gasteiger partial charge on any atom is 0.244 e. The van der Waals surface area contributed by atoms with E-state index in [1.54, 1.807) is 34.9 Å². The van der Waals surface area contributed by atoms with Gasteiger partial charge in [-0.3, -0.25) is 9.59 Å². The first-order valence-corrected chi connectivity index (χ1v) is 12.0. The summed E-state index contributed by atoms with van der Waals surface area (Å²) in [6, 6.07) is 12.6. The third-order valence-corrected chi connectivity index (χ3v) is 6.20. The van der Waals surface area contributed by atoms with Crippen LogP contribution in [0.1, 0.15) is 17.0 Å². The average molecular weight is 516 g/mol. The van der Waals surface area contributed by atoms with Crippen LogP contribution in [0, 0.1) is 6.92 Å². The zero-order valence-electron chi connectivity index (χ0n) is 18.4. The first-order chi connectivity index (χ1) is 16.4. The first-order valence-electron chi connectivity index (χ1n) is 10.3. The maximum absolute atomic E-state index is 12.4. The predicted molar refractivity (Wildman–Crippen MR) is 138 cm³/mol. The van der Waals surface area contributed by atoms with Gasteiger partial charge in [0.05, 0.1) is 12.3 Å². The molecular formula is C24H23Cl2N5O2S. The highest BCUT2D eigenvalue weighted by molar-refractivity contribution is 7.99. The molecular weight excluding hydrogens is 493 g/mol. The van der Waals surface area contributed by atoms with Gasteiger partial charge in [0.15, 0.2) is 11.0 Å². The van der Waals surface area contributed by atoms with Gasteiger partial charge in [-0.2, -0.15) is 0 Å². The zero-order chi connectivity index (χ0) is 24.5. The molecule has 0 fully saturated rings. The van der Waals surface area contributed by atoms with Crippen LogP contribution in [0.5, 0.6) is 0 Å². The van der Waals surface area contributed by atoms with Gasteiger partial charge in [0.25, 0.3) is 0 Å². The fraction of sp³-hybridized carbons (Fsp3) is 0.167. The second kappa shape index (κ2) is 12.4. The Morgan fingerprint density at radius 1 is 1.18 bits per heavy atom. The minimum atomic E-state index is -0.293. The van der Waals surface area contributed by atoms with Gasteiger partial charge in [-0.1, -0.05) is 65.3 Å². The van der Waals surface area contributed by atoms with Crippen molar-refractivity contribution >= 4 is 58.5 Å². The SMILES string of the molecule is C=CCn1c(CNC(=O)C=Cc2ccccc2Cl)nnc1SCC(=O)Nc1cc(Cl)ccc1C. The molecule has 2 N–H and O–H groups in total. The second-order valence-electron chi connectivity index (χ2n) is 7.17. The lowest BCUT2D eigenvalue weighted by Gasteiger charge is -2.10. The topological polar surface area (TPSA) is 88.9 Å². The third-order valence-electron chi connectivity index (χ3n) is 4.65. The Bertz CT molecular complexity index is 1230. The Kier molecular flexibility index (Phi) is 9.33. The molecule has 3 rings (SSSR count). The first kappa shape index (κ1) is 25.6. The molecule has 10 heteroatoms. The van der Waals surface area contributed by atoms with Crippen molar-refractivity contribution in [3.05, 3.63) is 88.2 Å². The molecule has 7 nitrogen and oxygen atoms in total. The van der Waals surface area contributed by atoms with Gasteiger partial charge in [0.1, 0.15) is 0 Å². The van der Waals surface area contributed by atoms with Crippen LogP contribution in [0.25, 0.3) is 6.08 Å². The number of aromatic nitrogens is 3. The number of carbonyl (C=O) groups excluding carboxylic acids is 2. The summed E-state index contributed by atoms with van der Waals surface area (Å²) in [6.45, 7) is 6.26. The van der Waals surface area contributed by atoms with Gasteiger partial charge in [-0.05, 0) is 42.3 Å². The van der Waals surface area contributed by atoms with Gasteiger partial charge in [0, 0.05) is 28.4 Å². The number of halogens is 2. The summed E-state index contributed by atoms with van der Waals surface area (Å²) < 4.78 is 1.80. The molecule has 0 aliphatic heterocycles. The summed E-state index contributed by atoms with van der Waals surface area (Å²) in [7, 11) is 0. The quantitative estimate of drug-likeness (QED) is 0.221. The number of amides is 2. The summed E-state index contributed by atoms with van der Waals surface area (Å²) in [6.07, 6.45) is 4.76. The number of hydrogen-bond donors (Lipinski definition) is 2. The Balaban J connectivity index is 1.58. The predicted octanol–water partition coefficient (Wildman–Crippen LogP) is 5.14. The zero-order valence-corrected chi connectivity index (χ0v) is 20.8.